The molecular weight excluding hydrogens is 225 g/mol. The first-order chi connectivity index (χ1) is 5.75. The molecule has 0 aromatic rings. The van der Waals surface area contributed by atoms with Crippen molar-refractivity contribution in [3.63, 3.8) is 0 Å². The van der Waals surface area contributed by atoms with Gasteiger partial charge in [0.2, 0.25) is 0 Å². The first-order valence-electron chi connectivity index (χ1n) is 4.28. The van der Waals surface area contributed by atoms with Crippen molar-refractivity contribution in [1.82, 2.24) is 10.2 Å². The Balaban J connectivity index is 0.000000845. The number of nitrogens with zero attached hydrogens (tertiary/aromatic N) is 2. The standard InChI is InChI=1S/C8H13N3O.2ClH/c1-11-7(12)10-6-8(11)2-4-9-5-3-8;;/h6,9H,2-5H2,1H3;2*1H. The minimum atomic E-state index is -0.100. The Morgan fingerprint density at radius 3 is 2.43 bits per heavy atom. The Morgan fingerprint density at radius 2 is 2.00 bits per heavy atom. The summed E-state index contributed by atoms with van der Waals surface area (Å²) in [6.07, 6.45) is 3.79. The van der Waals surface area contributed by atoms with Crippen molar-refractivity contribution in [3.8, 4) is 0 Å². The maximum atomic E-state index is 11.2. The predicted octanol–water partition coefficient (Wildman–Crippen LogP) is 1.09. The maximum absolute atomic E-state index is 11.2. The largest absolute Gasteiger partial charge is 0.343 e. The van der Waals surface area contributed by atoms with Gasteiger partial charge in [0, 0.05) is 13.3 Å². The molecule has 0 aliphatic carbocycles. The first-order valence-corrected chi connectivity index (χ1v) is 4.28. The summed E-state index contributed by atoms with van der Waals surface area (Å²) in [7, 11) is 1.83. The Kier molecular flexibility index (Phi) is 4.84. The molecule has 1 spiro atoms. The van der Waals surface area contributed by atoms with E-state index in [1.54, 1.807) is 4.90 Å². The molecule has 0 saturated carbocycles. The number of hydrogen-bond acceptors (Lipinski definition) is 2. The molecule has 2 heterocycles. The number of nitrogens with one attached hydrogen (secondary N) is 1. The predicted molar refractivity (Wildman–Crippen MR) is 61.0 cm³/mol. The van der Waals surface area contributed by atoms with E-state index < -0.39 is 0 Å². The summed E-state index contributed by atoms with van der Waals surface area (Å²) in [4.78, 5) is 16.7. The number of aliphatic imine (C=N–C) groups is 1. The van der Waals surface area contributed by atoms with Gasteiger partial charge in [0.25, 0.3) is 0 Å². The smallest absolute Gasteiger partial charge is 0.317 e. The summed E-state index contributed by atoms with van der Waals surface area (Å²) >= 11 is 0. The SMILES string of the molecule is CN1C(=O)N=CC12CCNCC2.Cl.Cl. The highest BCUT2D eigenvalue weighted by molar-refractivity contribution is 5.95. The second-order valence-corrected chi connectivity index (χ2v) is 3.45. The summed E-state index contributed by atoms with van der Waals surface area (Å²) in [6.45, 7) is 1.95. The van der Waals surface area contributed by atoms with E-state index in [0.717, 1.165) is 25.9 Å². The van der Waals surface area contributed by atoms with Gasteiger partial charge in [-0.2, -0.15) is 0 Å². The van der Waals surface area contributed by atoms with E-state index in [2.05, 4.69) is 10.3 Å². The van der Waals surface area contributed by atoms with Gasteiger partial charge < -0.3 is 10.2 Å². The molecule has 0 radical (unpaired) electrons. The average Bonchev–Trinajstić information content (AvgIpc) is 2.37. The zero-order chi connectivity index (χ0) is 8.60. The van der Waals surface area contributed by atoms with E-state index in [9.17, 15) is 4.79 Å². The highest BCUT2D eigenvalue weighted by Crippen LogP contribution is 2.27. The number of rotatable bonds is 0. The molecule has 14 heavy (non-hydrogen) atoms. The van der Waals surface area contributed by atoms with E-state index in [1.807, 2.05) is 13.3 Å². The van der Waals surface area contributed by atoms with Crippen LogP contribution in [0.3, 0.4) is 0 Å². The monoisotopic (exact) mass is 239 g/mol. The minimum Gasteiger partial charge on any atom is -0.317 e. The van der Waals surface area contributed by atoms with Crippen LogP contribution in [0.4, 0.5) is 4.79 Å². The Morgan fingerprint density at radius 1 is 1.43 bits per heavy atom. The fourth-order valence-electron chi connectivity index (χ4n) is 1.86. The molecule has 1 saturated heterocycles. The van der Waals surface area contributed by atoms with Crippen LogP contribution in [0.15, 0.2) is 4.99 Å². The normalized spacial score (nSPS) is 23.2. The van der Waals surface area contributed by atoms with E-state index in [0.29, 0.717) is 0 Å². The van der Waals surface area contributed by atoms with E-state index >= 15 is 0 Å². The lowest BCUT2D eigenvalue weighted by molar-refractivity contribution is 0.171. The first kappa shape index (κ1) is 13.7. The number of urea groups is 1. The van der Waals surface area contributed by atoms with Crippen molar-refractivity contribution in [1.29, 1.82) is 0 Å². The van der Waals surface area contributed by atoms with E-state index in [-0.39, 0.29) is 36.4 Å². The van der Waals surface area contributed by atoms with Gasteiger partial charge in [-0.05, 0) is 25.9 Å². The van der Waals surface area contributed by atoms with Crippen molar-refractivity contribution in [2.45, 2.75) is 18.4 Å². The van der Waals surface area contributed by atoms with Crippen LogP contribution in [-0.2, 0) is 0 Å². The van der Waals surface area contributed by atoms with Crippen LogP contribution in [0.2, 0.25) is 0 Å². The molecule has 1 fully saturated rings. The second kappa shape index (κ2) is 4.96. The Bertz CT molecular complexity index is 239. The summed E-state index contributed by atoms with van der Waals surface area (Å²) < 4.78 is 0. The molecular formula is C8H15Cl2N3O. The van der Waals surface area contributed by atoms with Gasteiger partial charge in [0.05, 0.1) is 5.54 Å². The van der Waals surface area contributed by atoms with Crippen molar-refractivity contribution < 1.29 is 4.79 Å². The number of hydrogen-bond donors (Lipinski definition) is 1. The molecule has 4 nitrogen and oxygen atoms in total. The van der Waals surface area contributed by atoms with Gasteiger partial charge in [-0.3, -0.25) is 0 Å². The van der Waals surface area contributed by atoms with Gasteiger partial charge in [-0.15, -0.1) is 24.8 Å². The topological polar surface area (TPSA) is 44.7 Å². The number of halogens is 2. The van der Waals surface area contributed by atoms with Crippen molar-refractivity contribution >= 4 is 37.1 Å². The Hall–Kier alpha value is -0.320. The lowest BCUT2D eigenvalue weighted by atomic mass is 9.89. The van der Waals surface area contributed by atoms with Gasteiger partial charge in [0.1, 0.15) is 0 Å². The number of carbonyl (C=O) groups is 1. The number of amides is 2. The van der Waals surface area contributed by atoms with E-state index in [1.165, 1.54) is 0 Å². The zero-order valence-electron chi connectivity index (χ0n) is 8.02. The molecule has 1 N–H and O–H groups in total. The van der Waals surface area contributed by atoms with Gasteiger partial charge in [-0.25, -0.2) is 9.79 Å². The molecule has 82 valence electrons. The highest BCUT2D eigenvalue weighted by Gasteiger charge is 2.40. The molecule has 2 rings (SSSR count). The molecule has 0 bridgehead atoms. The molecule has 0 aromatic carbocycles. The summed E-state index contributed by atoms with van der Waals surface area (Å²) in [5.41, 5.74) is -0.0671. The van der Waals surface area contributed by atoms with Crippen LogP contribution in [0.25, 0.3) is 0 Å². The summed E-state index contributed by atoms with van der Waals surface area (Å²) in [5, 5.41) is 3.27. The molecule has 0 atom stereocenters. The van der Waals surface area contributed by atoms with Gasteiger partial charge in [-0.1, -0.05) is 0 Å². The van der Waals surface area contributed by atoms with E-state index in [4.69, 9.17) is 0 Å². The molecule has 2 amide bonds. The lowest BCUT2D eigenvalue weighted by Crippen LogP contribution is -2.52. The van der Waals surface area contributed by atoms with Gasteiger partial charge in [0.15, 0.2) is 0 Å². The summed E-state index contributed by atoms with van der Waals surface area (Å²) in [6, 6.07) is -0.100. The van der Waals surface area contributed by atoms with Crippen LogP contribution in [0, 0.1) is 0 Å². The van der Waals surface area contributed by atoms with Crippen molar-refractivity contribution in [3.05, 3.63) is 0 Å². The van der Waals surface area contributed by atoms with Crippen LogP contribution in [-0.4, -0.2) is 42.8 Å². The molecule has 6 heteroatoms. The zero-order valence-corrected chi connectivity index (χ0v) is 9.66. The van der Waals surface area contributed by atoms with Crippen LogP contribution in [0.1, 0.15) is 12.8 Å². The van der Waals surface area contributed by atoms with Crippen LogP contribution in [0.5, 0.6) is 0 Å². The third-order valence-corrected chi connectivity index (χ3v) is 2.84. The third-order valence-electron chi connectivity index (χ3n) is 2.84. The third kappa shape index (κ3) is 2.02. The number of piperidine rings is 1. The van der Waals surface area contributed by atoms with Crippen LogP contribution >= 0.6 is 24.8 Å². The molecule has 0 unspecified atom stereocenters. The maximum Gasteiger partial charge on any atom is 0.343 e. The summed E-state index contributed by atoms with van der Waals surface area (Å²) in [5.74, 6) is 0. The quantitative estimate of drug-likeness (QED) is 0.688. The second-order valence-electron chi connectivity index (χ2n) is 3.45. The Labute approximate surface area is 96.0 Å². The average molecular weight is 240 g/mol. The van der Waals surface area contributed by atoms with Crippen LogP contribution < -0.4 is 5.32 Å². The molecule has 0 aromatic heterocycles. The van der Waals surface area contributed by atoms with Crippen molar-refractivity contribution in [2.75, 3.05) is 20.1 Å². The van der Waals surface area contributed by atoms with Crippen molar-refractivity contribution in [2.24, 2.45) is 4.99 Å². The lowest BCUT2D eigenvalue weighted by Gasteiger charge is -2.37. The van der Waals surface area contributed by atoms with Gasteiger partial charge >= 0.3 is 6.03 Å². The fraction of sp³-hybridized carbons (Fsp3) is 0.750. The highest BCUT2D eigenvalue weighted by atomic mass is 35.5. The molecule has 2 aliphatic rings. The fourth-order valence-corrected chi connectivity index (χ4v) is 1.86. The number of carbonyl (C=O) groups excluding carboxylic acids is 1. The minimum absolute atomic E-state index is 0. The molecule has 2 aliphatic heterocycles.